The number of nitrogens with one attached hydrogen (secondary N) is 1. The number of aromatic nitrogens is 1. The zero-order valence-electron chi connectivity index (χ0n) is 14.7. The largest absolute Gasteiger partial charge is 0.452 e. The van der Waals surface area contributed by atoms with Gasteiger partial charge in [0, 0.05) is 11.3 Å². The molecule has 0 radical (unpaired) electrons. The molecule has 3 rings (SSSR count). The maximum atomic E-state index is 12.3. The Labute approximate surface area is 146 Å². The molecule has 1 aliphatic carbocycles. The number of fused-ring (bicyclic) bond motifs is 1. The SMILES string of the molecule is Cc1noc(C)c1CC(=O)OC(C)C(=O)Nc1ccc2c(c1)CCC2. The number of hydrogen-bond acceptors (Lipinski definition) is 5. The molecule has 1 aromatic carbocycles. The summed E-state index contributed by atoms with van der Waals surface area (Å²) in [6, 6.07) is 5.94. The van der Waals surface area contributed by atoms with Crippen molar-refractivity contribution in [1.82, 2.24) is 5.16 Å². The molecule has 0 spiro atoms. The van der Waals surface area contributed by atoms with Crippen molar-refractivity contribution in [2.24, 2.45) is 0 Å². The van der Waals surface area contributed by atoms with Gasteiger partial charge in [0.15, 0.2) is 6.10 Å². The second kappa shape index (κ2) is 7.09. The molecule has 0 saturated carbocycles. The van der Waals surface area contributed by atoms with Gasteiger partial charge in [-0.15, -0.1) is 0 Å². The zero-order valence-corrected chi connectivity index (χ0v) is 14.7. The predicted molar refractivity (Wildman–Crippen MR) is 92.3 cm³/mol. The molecule has 2 aromatic rings. The molecule has 25 heavy (non-hydrogen) atoms. The van der Waals surface area contributed by atoms with E-state index in [0.717, 1.165) is 24.9 Å². The molecule has 132 valence electrons. The third-order valence-corrected chi connectivity index (χ3v) is 4.55. The lowest BCUT2D eigenvalue weighted by Gasteiger charge is -2.14. The Balaban J connectivity index is 1.56. The van der Waals surface area contributed by atoms with Gasteiger partial charge in [-0.05, 0) is 63.3 Å². The number of carbonyl (C=O) groups is 2. The summed E-state index contributed by atoms with van der Waals surface area (Å²) in [5.74, 6) is -0.235. The van der Waals surface area contributed by atoms with Crippen LogP contribution < -0.4 is 5.32 Å². The average molecular weight is 342 g/mol. The minimum Gasteiger partial charge on any atom is -0.452 e. The Morgan fingerprint density at radius 1 is 1.28 bits per heavy atom. The van der Waals surface area contributed by atoms with E-state index >= 15 is 0 Å². The van der Waals surface area contributed by atoms with E-state index in [1.165, 1.54) is 11.1 Å². The van der Waals surface area contributed by atoms with Gasteiger partial charge >= 0.3 is 5.97 Å². The van der Waals surface area contributed by atoms with Crippen molar-refractivity contribution < 1.29 is 18.8 Å². The minimum atomic E-state index is -0.874. The molecule has 0 saturated heterocycles. The first-order chi connectivity index (χ1) is 11.9. The van der Waals surface area contributed by atoms with Crippen molar-refractivity contribution in [3.63, 3.8) is 0 Å². The fourth-order valence-corrected chi connectivity index (χ4v) is 3.08. The normalized spacial score (nSPS) is 14.0. The number of ether oxygens (including phenoxy) is 1. The molecular weight excluding hydrogens is 320 g/mol. The van der Waals surface area contributed by atoms with Crippen LogP contribution in [0.15, 0.2) is 22.7 Å². The Morgan fingerprint density at radius 2 is 2.04 bits per heavy atom. The highest BCUT2D eigenvalue weighted by Crippen LogP contribution is 2.25. The van der Waals surface area contributed by atoms with Crippen molar-refractivity contribution in [3.8, 4) is 0 Å². The number of esters is 1. The topological polar surface area (TPSA) is 81.4 Å². The van der Waals surface area contributed by atoms with Crippen LogP contribution >= 0.6 is 0 Å². The lowest BCUT2D eigenvalue weighted by Crippen LogP contribution is -2.30. The molecule has 0 aliphatic heterocycles. The highest BCUT2D eigenvalue weighted by molar-refractivity contribution is 5.95. The van der Waals surface area contributed by atoms with Gasteiger partial charge in [0.25, 0.3) is 5.91 Å². The van der Waals surface area contributed by atoms with E-state index < -0.39 is 12.1 Å². The first-order valence-corrected chi connectivity index (χ1v) is 8.48. The summed E-state index contributed by atoms with van der Waals surface area (Å²) in [5, 5.41) is 6.62. The van der Waals surface area contributed by atoms with E-state index in [1.807, 2.05) is 18.2 Å². The molecule has 1 aromatic heterocycles. The highest BCUT2D eigenvalue weighted by Gasteiger charge is 2.21. The number of hydrogen-bond donors (Lipinski definition) is 1. The van der Waals surface area contributed by atoms with Crippen LogP contribution in [0.25, 0.3) is 0 Å². The van der Waals surface area contributed by atoms with Gasteiger partial charge < -0.3 is 14.6 Å². The van der Waals surface area contributed by atoms with Gasteiger partial charge in [-0.25, -0.2) is 0 Å². The summed E-state index contributed by atoms with van der Waals surface area (Å²) in [6.45, 7) is 5.07. The molecule has 6 heteroatoms. The number of benzene rings is 1. The van der Waals surface area contributed by atoms with E-state index in [2.05, 4.69) is 10.5 Å². The van der Waals surface area contributed by atoms with Gasteiger partial charge in [0.05, 0.1) is 12.1 Å². The van der Waals surface area contributed by atoms with E-state index in [4.69, 9.17) is 9.26 Å². The maximum absolute atomic E-state index is 12.3. The molecule has 0 fully saturated rings. The molecule has 1 N–H and O–H groups in total. The van der Waals surface area contributed by atoms with Crippen molar-refractivity contribution >= 4 is 17.6 Å². The molecule has 6 nitrogen and oxygen atoms in total. The van der Waals surface area contributed by atoms with Crippen LogP contribution in [-0.4, -0.2) is 23.1 Å². The zero-order chi connectivity index (χ0) is 18.0. The molecule has 1 amide bonds. The van der Waals surface area contributed by atoms with Crippen molar-refractivity contribution in [3.05, 3.63) is 46.3 Å². The van der Waals surface area contributed by atoms with Gasteiger partial charge in [0.2, 0.25) is 0 Å². The van der Waals surface area contributed by atoms with Crippen LogP contribution in [0.3, 0.4) is 0 Å². The number of amides is 1. The summed E-state index contributed by atoms with van der Waals surface area (Å²) < 4.78 is 10.3. The Morgan fingerprint density at radius 3 is 2.76 bits per heavy atom. The molecule has 1 aliphatic rings. The first-order valence-electron chi connectivity index (χ1n) is 8.48. The van der Waals surface area contributed by atoms with Crippen LogP contribution in [0.1, 0.15) is 41.5 Å². The van der Waals surface area contributed by atoms with Crippen molar-refractivity contribution in [1.29, 1.82) is 0 Å². The number of rotatable bonds is 5. The quantitative estimate of drug-likeness (QED) is 0.845. The summed E-state index contributed by atoms with van der Waals surface area (Å²) in [7, 11) is 0. The third kappa shape index (κ3) is 3.90. The number of anilines is 1. The Bertz CT molecular complexity index is 790. The van der Waals surface area contributed by atoms with Crippen LogP contribution in [0, 0.1) is 13.8 Å². The molecular formula is C19H22N2O4. The van der Waals surface area contributed by atoms with Crippen LogP contribution in [0.4, 0.5) is 5.69 Å². The minimum absolute atomic E-state index is 0.0393. The first kappa shape index (κ1) is 17.2. The standard InChI is InChI=1S/C19H22N2O4/c1-11-17(12(2)25-21-11)10-18(22)24-13(3)19(23)20-16-8-7-14-5-4-6-15(14)9-16/h7-9,13H,4-6,10H2,1-3H3,(H,20,23). The van der Waals surface area contributed by atoms with Crippen LogP contribution in [0.2, 0.25) is 0 Å². The van der Waals surface area contributed by atoms with E-state index in [-0.39, 0.29) is 12.3 Å². The highest BCUT2D eigenvalue weighted by atomic mass is 16.5. The number of aryl methyl sites for hydroxylation is 4. The lowest BCUT2D eigenvalue weighted by atomic mass is 10.1. The average Bonchev–Trinajstić information content (AvgIpc) is 3.15. The smallest absolute Gasteiger partial charge is 0.311 e. The van der Waals surface area contributed by atoms with E-state index in [1.54, 1.807) is 20.8 Å². The number of nitrogens with zero attached hydrogens (tertiary/aromatic N) is 1. The fraction of sp³-hybridized carbons (Fsp3) is 0.421. The summed E-state index contributed by atoms with van der Waals surface area (Å²) in [6.07, 6.45) is 2.46. The van der Waals surface area contributed by atoms with Crippen molar-refractivity contribution in [2.75, 3.05) is 5.32 Å². The molecule has 0 bridgehead atoms. The van der Waals surface area contributed by atoms with Crippen LogP contribution in [-0.2, 0) is 33.6 Å². The molecule has 1 unspecified atom stereocenters. The van der Waals surface area contributed by atoms with Gasteiger partial charge in [-0.3, -0.25) is 9.59 Å². The van der Waals surface area contributed by atoms with Crippen molar-refractivity contribution in [2.45, 2.75) is 52.6 Å². The third-order valence-electron chi connectivity index (χ3n) is 4.55. The second-order valence-corrected chi connectivity index (χ2v) is 6.44. The fourth-order valence-electron chi connectivity index (χ4n) is 3.08. The van der Waals surface area contributed by atoms with E-state index in [0.29, 0.717) is 17.0 Å². The number of carbonyl (C=O) groups excluding carboxylic acids is 2. The lowest BCUT2D eigenvalue weighted by molar-refractivity contribution is -0.152. The second-order valence-electron chi connectivity index (χ2n) is 6.44. The van der Waals surface area contributed by atoms with Crippen LogP contribution in [0.5, 0.6) is 0 Å². The van der Waals surface area contributed by atoms with Gasteiger partial charge in [0.1, 0.15) is 5.76 Å². The summed E-state index contributed by atoms with van der Waals surface area (Å²) in [5.41, 5.74) is 4.72. The van der Waals surface area contributed by atoms with Gasteiger partial charge in [-0.1, -0.05) is 11.2 Å². The van der Waals surface area contributed by atoms with Gasteiger partial charge in [-0.2, -0.15) is 0 Å². The molecule has 1 heterocycles. The van der Waals surface area contributed by atoms with E-state index in [9.17, 15) is 9.59 Å². The maximum Gasteiger partial charge on any atom is 0.311 e. The Kier molecular flexibility index (Phi) is 4.88. The summed E-state index contributed by atoms with van der Waals surface area (Å²) >= 11 is 0. The summed E-state index contributed by atoms with van der Waals surface area (Å²) in [4.78, 5) is 24.3. The predicted octanol–water partition coefficient (Wildman–Crippen LogP) is 2.89. The Hall–Kier alpha value is -2.63. The molecule has 1 atom stereocenters. The monoisotopic (exact) mass is 342 g/mol.